The van der Waals surface area contributed by atoms with Gasteiger partial charge in [-0.2, -0.15) is 0 Å². The third-order valence-corrected chi connectivity index (χ3v) is 15.6. The SMILES string of the molecule is CCCCC/C=C\C/C=C\C/C=C\CCCCCCCCC(=O)OC(COC(=O)CCCCCCC/C=C\CCCCC)COC(=O)CCCCCCCCCCCCCCCCCCCC/C=C\C/C=C\C/C=C\CCCCCCC. The minimum atomic E-state index is -0.787. The van der Waals surface area contributed by atoms with Crippen molar-refractivity contribution in [3.05, 3.63) is 85.1 Å². The van der Waals surface area contributed by atoms with E-state index in [1.165, 1.54) is 218 Å². The minimum absolute atomic E-state index is 0.0816. The van der Waals surface area contributed by atoms with E-state index < -0.39 is 6.10 Å². The predicted octanol–water partition coefficient (Wildman–Crippen LogP) is 24.6. The first-order valence-corrected chi connectivity index (χ1v) is 35.6. The van der Waals surface area contributed by atoms with E-state index >= 15 is 0 Å². The highest BCUT2D eigenvalue weighted by atomic mass is 16.6. The molecule has 0 aromatic carbocycles. The number of hydrogen-bond donors (Lipinski definition) is 0. The quantitative estimate of drug-likeness (QED) is 0.0261. The van der Waals surface area contributed by atoms with E-state index in [2.05, 4.69) is 106 Å². The lowest BCUT2D eigenvalue weighted by Gasteiger charge is -2.18. The Kier molecular flexibility index (Phi) is 67.2. The number of ether oxygens (including phenoxy) is 3. The first-order chi connectivity index (χ1) is 40.5. The summed E-state index contributed by atoms with van der Waals surface area (Å²) < 4.78 is 16.9. The molecule has 0 radical (unpaired) electrons. The summed E-state index contributed by atoms with van der Waals surface area (Å²) >= 11 is 0. The molecule has 0 N–H and O–H groups in total. The van der Waals surface area contributed by atoms with Gasteiger partial charge in [0.05, 0.1) is 0 Å². The summed E-state index contributed by atoms with van der Waals surface area (Å²) in [7, 11) is 0. The molecule has 0 spiro atoms. The summed E-state index contributed by atoms with van der Waals surface area (Å²) in [6.07, 6.45) is 93.3. The summed E-state index contributed by atoms with van der Waals surface area (Å²) in [5.74, 6) is -0.888. The molecular weight excluding hydrogens is 1010 g/mol. The van der Waals surface area contributed by atoms with Crippen molar-refractivity contribution < 1.29 is 28.6 Å². The zero-order chi connectivity index (χ0) is 59.2. The zero-order valence-electron chi connectivity index (χ0n) is 54.5. The molecule has 474 valence electrons. The molecule has 6 nitrogen and oxygen atoms in total. The van der Waals surface area contributed by atoms with E-state index in [4.69, 9.17) is 14.2 Å². The Morgan fingerprint density at radius 1 is 0.244 bits per heavy atom. The number of allylic oxidation sites excluding steroid dienone is 14. The van der Waals surface area contributed by atoms with Gasteiger partial charge in [0, 0.05) is 19.3 Å². The average Bonchev–Trinajstić information content (AvgIpc) is 3.47. The summed E-state index contributed by atoms with van der Waals surface area (Å²) in [5, 5.41) is 0. The van der Waals surface area contributed by atoms with Crippen LogP contribution in [0, 0.1) is 0 Å². The molecule has 6 heteroatoms. The number of rotatable bonds is 65. The van der Waals surface area contributed by atoms with Gasteiger partial charge in [-0.25, -0.2) is 0 Å². The van der Waals surface area contributed by atoms with Crippen LogP contribution in [0.25, 0.3) is 0 Å². The Labute approximate surface area is 509 Å². The van der Waals surface area contributed by atoms with Crippen LogP contribution < -0.4 is 0 Å². The standard InChI is InChI=1S/C76H134O6/c1-4-7-10-13-16-19-22-25-27-29-31-32-33-34-35-36-37-38-39-40-41-42-43-44-46-47-49-51-54-57-60-63-66-69-75(78)81-72-73(71-80-74(77)68-65-62-59-56-53-24-21-18-15-12-9-6-3)82-76(79)70-67-64-61-58-55-52-50-48-45-30-28-26-23-20-17-14-11-8-5-2/h17-18,20-22,25-26,28-29,31,33-34,45,48,73H,4-16,19,23-24,27,30,32,35-44,46-47,49-72H2,1-3H3/b20-17-,21-18-,25-22-,28-26-,31-29-,34-33-,48-45-. The summed E-state index contributed by atoms with van der Waals surface area (Å²) in [6.45, 7) is 6.60. The molecule has 0 heterocycles. The fraction of sp³-hybridized carbons (Fsp3) is 0.776. The molecule has 0 saturated carbocycles. The van der Waals surface area contributed by atoms with Gasteiger partial charge in [-0.05, 0) is 122 Å². The van der Waals surface area contributed by atoms with Crippen LogP contribution in [0.2, 0.25) is 0 Å². The second-order valence-corrected chi connectivity index (χ2v) is 23.8. The molecule has 82 heavy (non-hydrogen) atoms. The topological polar surface area (TPSA) is 78.9 Å². The lowest BCUT2D eigenvalue weighted by molar-refractivity contribution is -0.167. The smallest absolute Gasteiger partial charge is 0.306 e. The van der Waals surface area contributed by atoms with E-state index in [1.54, 1.807) is 0 Å². The molecule has 0 rings (SSSR count). The molecular formula is C76H134O6. The second kappa shape index (κ2) is 70.1. The number of hydrogen-bond acceptors (Lipinski definition) is 6. The zero-order valence-corrected chi connectivity index (χ0v) is 54.5. The molecule has 0 amide bonds. The van der Waals surface area contributed by atoms with Crippen LogP contribution in [-0.4, -0.2) is 37.2 Å². The summed E-state index contributed by atoms with van der Waals surface area (Å²) in [6, 6.07) is 0. The van der Waals surface area contributed by atoms with Crippen molar-refractivity contribution in [2.75, 3.05) is 13.2 Å². The molecule has 0 aliphatic heterocycles. The van der Waals surface area contributed by atoms with Gasteiger partial charge in [-0.15, -0.1) is 0 Å². The molecule has 0 aliphatic rings. The van der Waals surface area contributed by atoms with E-state index in [0.717, 1.165) is 103 Å². The van der Waals surface area contributed by atoms with Crippen LogP contribution >= 0.6 is 0 Å². The predicted molar refractivity (Wildman–Crippen MR) is 358 cm³/mol. The van der Waals surface area contributed by atoms with Gasteiger partial charge in [0.25, 0.3) is 0 Å². The van der Waals surface area contributed by atoms with Gasteiger partial charge in [-0.1, -0.05) is 305 Å². The van der Waals surface area contributed by atoms with Crippen LogP contribution in [0.3, 0.4) is 0 Å². The van der Waals surface area contributed by atoms with Crippen LogP contribution in [0.5, 0.6) is 0 Å². The van der Waals surface area contributed by atoms with Gasteiger partial charge in [-0.3, -0.25) is 14.4 Å². The fourth-order valence-electron chi connectivity index (χ4n) is 10.2. The maximum Gasteiger partial charge on any atom is 0.306 e. The van der Waals surface area contributed by atoms with Crippen molar-refractivity contribution in [2.24, 2.45) is 0 Å². The molecule has 0 fully saturated rings. The maximum atomic E-state index is 12.9. The average molecular weight is 1140 g/mol. The molecule has 1 atom stereocenters. The van der Waals surface area contributed by atoms with Gasteiger partial charge in [0.1, 0.15) is 13.2 Å². The highest BCUT2D eigenvalue weighted by Crippen LogP contribution is 2.17. The number of carbonyl (C=O) groups is 3. The van der Waals surface area contributed by atoms with Gasteiger partial charge < -0.3 is 14.2 Å². The van der Waals surface area contributed by atoms with E-state index in [9.17, 15) is 14.4 Å². The van der Waals surface area contributed by atoms with Crippen LogP contribution in [0.15, 0.2) is 85.1 Å². The van der Waals surface area contributed by atoms with Crippen molar-refractivity contribution in [1.82, 2.24) is 0 Å². The van der Waals surface area contributed by atoms with Crippen molar-refractivity contribution in [3.63, 3.8) is 0 Å². The van der Waals surface area contributed by atoms with Gasteiger partial charge >= 0.3 is 17.9 Å². The second-order valence-electron chi connectivity index (χ2n) is 23.8. The van der Waals surface area contributed by atoms with E-state index in [1.807, 2.05) is 0 Å². The number of esters is 3. The highest BCUT2D eigenvalue weighted by Gasteiger charge is 2.19. The Morgan fingerprint density at radius 3 is 0.720 bits per heavy atom. The lowest BCUT2D eigenvalue weighted by Crippen LogP contribution is -2.30. The highest BCUT2D eigenvalue weighted by molar-refractivity contribution is 5.71. The Bertz CT molecular complexity index is 1550. The summed E-state index contributed by atoms with van der Waals surface area (Å²) in [4.78, 5) is 38.4. The maximum absolute atomic E-state index is 12.9. The lowest BCUT2D eigenvalue weighted by atomic mass is 10.0. The molecule has 0 aromatic heterocycles. The number of unbranched alkanes of at least 4 members (excludes halogenated alkanes) is 40. The third kappa shape index (κ3) is 67.4. The Morgan fingerprint density at radius 2 is 0.439 bits per heavy atom. The van der Waals surface area contributed by atoms with Crippen LogP contribution in [0.4, 0.5) is 0 Å². The fourth-order valence-corrected chi connectivity index (χ4v) is 10.2. The minimum Gasteiger partial charge on any atom is -0.462 e. The first-order valence-electron chi connectivity index (χ1n) is 35.6. The van der Waals surface area contributed by atoms with Crippen molar-refractivity contribution in [2.45, 2.75) is 367 Å². The number of carbonyl (C=O) groups excluding carboxylic acids is 3. The molecule has 1 unspecified atom stereocenters. The van der Waals surface area contributed by atoms with E-state index in [0.29, 0.717) is 19.3 Å². The molecule has 0 aliphatic carbocycles. The van der Waals surface area contributed by atoms with Crippen molar-refractivity contribution in [1.29, 1.82) is 0 Å². The molecule has 0 saturated heterocycles. The van der Waals surface area contributed by atoms with Crippen molar-refractivity contribution in [3.8, 4) is 0 Å². The summed E-state index contributed by atoms with van der Waals surface area (Å²) in [5.41, 5.74) is 0. The normalized spacial score (nSPS) is 12.6. The van der Waals surface area contributed by atoms with Crippen LogP contribution in [-0.2, 0) is 28.6 Å². The Hall–Kier alpha value is -3.41. The molecule has 0 bridgehead atoms. The monoisotopic (exact) mass is 1140 g/mol. The van der Waals surface area contributed by atoms with E-state index in [-0.39, 0.29) is 31.1 Å². The first kappa shape index (κ1) is 78.6. The largest absolute Gasteiger partial charge is 0.462 e. The van der Waals surface area contributed by atoms with Crippen molar-refractivity contribution >= 4 is 17.9 Å². The van der Waals surface area contributed by atoms with Crippen LogP contribution in [0.1, 0.15) is 361 Å². The Balaban J connectivity index is 4.17. The van der Waals surface area contributed by atoms with Gasteiger partial charge in [0.2, 0.25) is 0 Å². The van der Waals surface area contributed by atoms with Gasteiger partial charge in [0.15, 0.2) is 6.10 Å². The molecule has 0 aromatic rings. The third-order valence-electron chi connectivity index (χ3n) is 15.6.